The fourth-order valence-corrected chi connectivity index (χ4v) is 7.05. The van der Waals surface area contributed by atoms with Crippen molar-refractivity contribution in [1.29, 1.82) is 0 Å². The van der Waals surface area contributed by atoms with Gasteiger partial charge >= 0.3 is 5.97 Å². The summed E-state index contributed by atoms with van der Waals surface area (Å²) in [6, 6.07) is 7.61. The average Bonchev–Trinajstić information content (AvgIpc) is 3.22. The molecule has 38 heavy (non-hydrogen) atoms. The first-order valence-corrected chi connectivity index (χ1v) is 15.5. The summed E-state index contributed by atoms with van der Waals surface area (Å²) in [5.74, 6) is 0.0368. The molecule has 208 valence electrons. The van der Waals surface area contributed by atoms with Gasteiger partial charge in [0.15, 0.2) is 0 Å². The Bertz CT molecular complexity index is 1140. The number of amides is 2. The summed E-state index contributed by atoms with van der Waals surface area (Å²) >= 11 is 2.99. The van der Waals surface area contributed by atoms with Crippen molar-refractivity contribution in [1.82, 2.24) is 0 Å². The van der Waals surface area contributed by atoms with E-state index in [9.17, 15) is 14.4 Å². The maximum atomic E-state index is 13.5. The normalized spacial score (nSPS) is 15.9. The summed E-state index contributed by atoms with van der Waals surface area (Å²) < 4.78 is 5.40. The lowest BCUT2D eigenvalue weighted by Crippen LogP contribution is -2.27. The number of benzene rings is 1. The predicted molar refractivity (Wildman–Crippen MR) is 158 cm³/mol. The number of hydrogen-bond donors (Lipinski definition) is 2. The highest BCUT2D eigenvalue weighted by molar-refractivity contribution is 8.00. The first-order valence-electron chi connectivity index (χ1n) is 13.8. The molecule has 1 aliphatic rings. The van der Waals surface area contributed by atoms with Crippen LogP contribution in [0.25, 0.3) is 0 Å². The lowest BCUT2D eigenvalue weighted by molar-refractivity contribution is -0.116. The van der Waals surface area contributed by atoms with E-state index in [1.54, 1.807) is 6.92 Å². The SMILES string of the molecule is CCCCC(=O)Nc1cccc(SC(CC)C(=O)Nc2sc3c(c2C(=O)OCC)CCC(C(C)(C)C)C3)c1. The molecular weight excluding hydrogens is 516 g/mol. The Balaban J connectivity index is 1.78. The van der Waals surface area contributed by atoms with Crippen LogP contribution < -0.4 is 10.6 Å². The number of thioether (sulfide) groups is 1. The van der Waals surface area contributed by atoms with E-state index in [2.05, 4.69) is 38.3 Å². The Kier molecular flexibility index (Phi) is 10.9. The van der Waals surface area contributed by atoms with Crippen LogP contribution in [0.3, 0.4) is 0 Å². The van der Waals surface area contributed by atoms with Gasteiger partial charge in [0.2, 0.25) is 11.8 Å². The molecule has 0 spiro atoms. The van der Waals surface area contributed by atoms with Crippen LogP contribution in [0, 0.1) is 11.3 Å². The number of anilines is 2. The largest absolute Gasteiger partial charge is 0.462 e. The summed E-state index contributed by atoms with van der Waals surface area (Å²) in [4.78, 5) is 40.7. The van der Waals surface area contributed by atoms with E-state index in [1.165, 1.54) is 28.0 Å². The monoisotopic (exact) mass is 558 g/mol. The highest BCUT2D eigenvalue weighted by atomic mass is 32.2. The Morgan fingerprint density at radius 3 is 2.58 bits per heavy atom. The topological polar surface area (TPSA) is 84.5 Å². The highest BCUT2D eigenvalue weighted by Gasteiger charge is 2.35. The maximum Gasteiger partial charge on any atom is 0.341 e. The first-order chi connectivity index (χ1) is 18.1. The predicted octanol–water partition coefficient (Wildman–Crippen LogP) is 7.71. The van der Waals surface area contributed by atoms with Crippen LogP contribution in [-0.2, 0) is 27.2 Å². The standard InChI is InChI=1S/C30H42N2O4S2/c1-7-10-14-25(33)31-20-12-11-13-21(18-20)37-23(8-2)27(34)32-28-26(29(35)36-9-3)22-16-15-19(30(4,5)6)17-24(22)38-28/h11-13,18-19,23H,7-10,14-17H2,1-6H3,(H,31,33)(H,32,34). The number of unbranched alkanes of at least 4 members (excludes halogenated alkanes) is 1. The zero-order valence-electron chi connectivity index (χ0n) is 23.6. The summed E-state index contributed by atoms with van der Waals surface area (Å²) in [5, 5.41) is 6.29. The smallest absolute Gasteiger partial charge is 0.341 e. The van der Waals surface area contributed by atoms with Gasteiger partial charge < -0.3 is 15.4 Å². The van der Waals surface area contributed by atoms with Gasteiger partial charge in [-0.3, -0.25) is 9.59 Å². The molecule has 6 nitrogen and oxygen atoms in total. The molecule has 2 amide bonds. The molecule has 8 heteroatoms. The molecule has 2 N–H and O–H groups in total. The van der Waals surface area contributed by atoms with Crippen molar-refractivity contribution in [2.45, 2.75) is 96.6 Å². The number of carbonyl (C=O) groups excluding carboxylic acids is 3. The number of nitrogens with one attached hydrogen (secondary N) is 2. The lowest BCUT2D eigenvalue weighted by atomic mass is 9.72. The third-order valence-electron chi connectivity index (χ3n) is 7.02. The van der Waals surface area contributed by atoms with Gasteiger partial charge in [0.1, 0.15) is 5.00 Å². The second-order valence-electron chi connectivity index (χ2n) is 10.9. The number of thiophene rings is 1. The molecular formula is C30H42N2O4S2. The Hall–Kier alpha value is -2.32. The van der Waals surface area contributed by atoms with Crippen LogP contribution in [-0.4, -0.2) is 29.6 Å². The van der Waals surface area contributed by atoms with Gasteiger partial charge in [-0.15, -0.1) is 23.1 Å². The van der Waals surface area contributed by atoms with Crippen molar-refractivity contribution in [2.24, 2.45) is 11.3 Å². The molecule has 0 bridgehead atoms. The molecule has 0 saturated heterocycles. The number of hydrogen-bond acceptors (Lipinski definition) is 6. The Labute approximate surface area is 235 Å². The maximum absolute atomic E-state index is 13.5. The van der Waals surface area contributed by atoms with Gasteiger partial charge in [0.25, 0.3) is 0 Å². The molecule has 0 fully saturated rings. The molecule has 0 radical (unpaired) electrons. The lowest BCUT2D eigenvalue weighted by Gasteiger charge is -2.33. The molecule has 1 heterocycles. The van der Waals surface area contributed by atoms with Gasteiger partial charge in [-0.05, 0) is 74.1 Å². The van der Waals surface area contributed by atoms with Crippen LogP contribution in [0.5, 0.6) is 0 Å². The van der Waals surface area contributed by atoms with E-state index in [0.717, 1.165) is 48.3 Å². The highest BCUT2D eigenvalue weighted by Crippen LogP contribution is 2.44. The van der Waals surface area contributed by atoms with Crippen LogP contribution in [0.2, 0.25) is 0 Å². The van der Waals surface area contributed by atoms with Gasteiger partial charge in [-0.2, -0.15) is 0 Å². The third kappa shape index (κ3) is 7.85. The summed E-state index contributed by atoms with van der Waals surface area (Å²) in [6.07, 6.45) is 5.70. The van der Waals surface area contributed by atoms with Crippen molar-refractivity contribution in [2.75, 3.05) is 17.2 Å². The summed E-state index contributed by atoms with van der Waals surface area (Å²) in [6.45, 7) is 12.9. The molecule has 1 aromatic heterocycles. The van der Waals surface area contributed by atoms with Gasteiger partial charge in [-0.25, -0.2) is 4.79 Å². The zero-order chi connectivity index (χ0) is 27.9. The number of ether oxygens (including phenoxy) is 1. The fourth-order valence-electron chi connectivity index (χ4n) is 4.72. The van der Waals surface area contributed by atoms with E-state index in [-0.39, 0.29) is 28.4 Å². The molecule has 0 saturated carbocycles. The number of rotatable bonds is 11. The van der Waals surface area contributed by atoms with Crippen LogP contribution in [0.1, 0.15) is 94.4 Å². The van der Waals surface area contributed by atoms with E-state index in [0.29, 0.717) is 35.9 Å². The molecule has 1 aromatic carbocycles. The number of fused-ring (bicyclic) bond motifs is 1. The van der Waals surface area contributed by atoms with Crippen LogP contribution >= 0.6 is 23.1 Å². The fraction of sp³-hybridized carbons (Fsp3) is 0.567. The van der Waals surface area contributed by atoms with E-state index >= 15 is 0 Å². The second kappa shape index (κ2) is 13.7. The van der Waals surface area contributed by atoms with Crippen molar-refractivity contribution in [3.8, 4) is 0 Å². The molecule has 2 atom stereocenters. The second-order valence-corrected chi connectivity index (χ2v) is 13.3. The summed E-state index contributed by atoms with van der Waals surface area (Å²) in [7, 11) is 0. The minimum absolute atomic E-state index is 0.000594. The Morgan fingerprint density at radius 2 is 1.92 bits per heavy atom. The average molecular weight is 559 g/mol. The zero-order valence-corrected chi connectivity index (χ0v) is 25.2. The van der Waals surface area contributed by atoms with E-state index in [1.807, 2.05) is 31.2 Å². The Morgan fingerprint density at radius 1 is 1.16 bits per heavy atom. The van der Waals surface area contributed by atoms with Crippen LogP contribution in [0.15, 0.2) is 29.2 Å². The molecule has 0 aliphatic heterocycles. The van der Waals surface area contributed by atoms with E-state index < -0.39 is 0 Å². The molecule has 2 aromatic rings. The number of esters is 1. The first kappa shape index (κ1) is 30.2. The van der Waals surface area contributed by atoms with E-state index in [4.69, 9.17) is 4.74 Å². The third-order valence-corrected chi connectivity index (χ3v) is 9.55. The van der Waals surface area contributed by atoms with Crippen molar-refractivity contribution < 1.29 is 19.1 Å². The molecule has 2 unspecified atom stereocenters. The molecule has 1 aliphatic carbocycles. The van der Waals surface area contributed by atoms with Crippen molar-refractivity contribution >= 4 is 51.6 Å². The van der Waals surface area contributed by atoms with Gasteiger partial charge in [0, 0.05) is 21.9 Å². The van der Waals surface area contributed by atoms with Gasteiger partial charge in [-0.1, -0.05) is 47.1 Å². The van der Waals surface area contributed by atoms with Crippen molar-refractivity contribution in [3.05, 3.63) is 40.3 Å². The van der Waals surface area contributed by atoms with Crippen molar-refractivity contribution in [3.63, 3.8) is 0 Å². The van der Waals surface area contributed by atoms with Crippen LogP contribution in [0.4, 0.5) is 10.7 Å². The summed E-state index contributed by atoms with van der Waals surface area (Å²) in [5.41, 5.74) is 2.49. The molecule has 3 rings (SSSR count). The minimum Gasteiger partial charge on any atom is -0.462 e. The number of carbonyl (C=O) groups is 3. The minimum atomic E-state index is -0.360. The quantitative estimate of drug-likeness (QED) is 0.218. The van der Waals surface area contributed by atoms with Gasteiger partial charge in [0.05, 0.1) is 17.4 Å².